The Kier molecular flexibility index (Phi) is 4.66. The molecule has 0 amide bonds. The van der Waals surface area contributed by atoms with Gasteiger partial charge in [-0.3, -0.25) is 0 Å². The van der Waals surface area contributed by atoms with Gasteiger partial charge in [-0.05, 0) is 23.8 Å². The number of aromatic nitrogens is 2. The third-order valence-corrected chi connectivity index (χ3v) is 4.78. The average Bonchev–Trinajstić information content (AvgIpc) is 3.08. The predicted molar refractivity (Wildman–Crippen MR) is 92.7 cm³/mol. The summed E-state index contributed by atoms with van der Waals surface area (Å²) in [5.41, 5.74) is 1.85. The van der Waals surface area contributed by atoms with Crippen molar-refractivity contribution in [2.75, 3.05) is 12.9 Å². The van der Waals surface area contributed by atoms with E-state index < -0.39 is 9.84 Å². The third kappa shape index (κ3) is 3.83. The highest BCUT2D eigenvalue weighted by molar-refractivity contribution is 7.90. The topological polar surface area (TPSA) is 61.2 Å². The fourth-order valence-corrected chi connectivity index (χ4v) is 3.02. The Morgan fingerprint density at radius 3 is 2.50 bits per heavy atom. The predicted octanol–water partition coefficient (Wildman–Crippen LogP) is 3.03. The van der Waals surface area contributed by atoms with Gasteiger partial charge in [0.15, 0.2) is 9.84 Å². The lowest BCUT2D eigenvalue weighted by molar-refractivity contribution is 0.299. The molecule has 1 heterocycles. The van der Waals surface area contributed by atoms with Gasteiger partial charge in [0.1, 0.15) is 12.4 Å². The van der Waals surface area contributed by atoms with Crippen LogP contribution in [-0.2, 0) is 16.4 Å². The maximum Gasteiger partial charge on any atom is 0.175 e. The van der Waals surface area contributed by atoms with Crippen LogP contribution in [0.15, 0.2) is 72.1 Å². The van der Waals surface area contributed by atoms with Crippen LogP contribution in [0, 0.1) is 0 Å². The molecule has 1 aromatic heterocycles. The minimum absolute atomic E-state index is 0.310. The Labute approximate surface area is 141 Å². The summed E-state index contributed by atoms with van der Waals surface area (Å²) in [6.07, 6.45) is 6.57. The summed E-state index contributed by atoms with van der Waals surface area (Å²) in [5.74, 6) is 0.768. The molecule has 0 saturated carbocycles. The first-order valence-corrected chi connectivity index (χ1v) is 9.41. The van der Waals surface area contributed by atoms with E-state index in [4.69, 9.17) is 4.74 Å². The van der Waals surface area contributed by atoms with Gasteiger partial charge in [0.05, 0.1) is 17.8 Å². The SMILES string of the molecule is CS(=O)(=O)c1ccc(-c2ccccc2OCCn2ccnc2)cc1. The number of imidazole rings is 1. The quantitative estimate of drug-likeness (QED) is 0.691. The number of hydrogen-bond donors (Lipinski definition) is 0. The standard InChI is InChI=1S/C18H18N2O3S/c1-24(21,22)16-8-6-15(7-9-16)17-4-2-3-5-18(17)23-13-12-20-11-10-19-14-20/h2-11,14H,12-13H2,1H3. The van der Waals surface area contributed by atoms with E-state index in [-0.39, 0.29) is 0 Å². The Hall–Kier alpha value is -2.60. The molecule has 0 aliphatic carbocycles. The number of benzene rings is 2. The van der Waals surface area contributed by atoms with E-state index in [0.717, 1.165) is 16.9 Å². The molecule has 5 nitrogen and oxygen atoms in total. The molecule has 0 unspecified atom stereocenters. The van der Waals surface area contributed by atoms with Crippen molar-refractivity contribution in [2.24, 2.45) is 0 Å². The number of hydrogen-bond acceptors (Lipinski definition) is 4. The summed E-state index contributed by atoms with van der Waals surface area (Å²) in [4.78, 5) is 4.31. The van der Waals surface area contributed by atoms with E-state index in [9.17, 15) is 8.42 Å². The van der Waals surface area contributed by atoms with Gasteiger partial charge in [-0.1, -0.05) is 30.3 Å². The largest absolute Gasteiger partial charge is 0.491 e. The van der Waals surface area contributed by atoms with Crippen molar-refractivity contribution in [3.8, 4) is 16.9 Å². The second-order valence-corrected chi connectivity index (χ2v) is 7.46. The van der Waals surface area contributed by atoms with Crippen LogP contribution in [0.2, 0.25) is 0 Å². The fourth-order valence-electron chi connectivity index (χ4n) is 2.39. The molecule has 0 fully saturated rings. The second-order valence-electron chi connectivity index (χ2n) is 5.44. The second kappa shape index (κ2) is 6.88. The molecule has 124 valence electrons. The van der Waals surface area contributed by atoms with Crippen molar-refractivity contribution < 1.29 is 13.2 Å². The minimum atomic E-state index is -3.19. The molecule has 0 saturated heterocycles. The molecule has 2 aromatic carbocycles. The molecular weight excluding hydrogens is 324 g/mol. The smallest absolute Gasteiger partial charge is 0.175 e. The zero-order valence-corrected chi connectivity index (χ0v) is 14.1. The van der Waals surface area contributed by atoms with E-state index in [2.05, 4.69) is 4.98 Å². The highest BCUT2D eigenvalue weighted by Gasteiger charge is 2.09. The maximum atomic E-state index is 11.6. The van der Waals surface area contributed by atoms with Crippen molar-refractivity contribution in [2.45, 2.75) is 11.4 Å². The summed E-state index contributed by atoms with van der Waals surface area (Å²) >= 11 is 0. The lowest BCUT2D eigenvalue weighted by Gasteiger charge is -2.12. The molecule has 24 heavy (non-hydrogen) atoms. The van der Waals surface area contributed by atoms with Crippen LogP contribution in [0.4, 0.5) is 0 Å². The zero-order valence-electron chi connectivity index (χ0n) is 13.3. The van der Waals surface area contributed by atoms with Crippen molar-refractivity contribution in [1.82, 2.24) is 9.55 Å². The van der Waals surface area contributed by atoms with Crippen LogP contribution in [-0.4, -0.2) is 30.8 Å². The van der Waals surface area contributed by atoms with Gasteiger partial charge in [-0.2, -0.15) is 0 Å². The first-order valence-electron chi connectivity index (χ1n) is 7.52. The van der Waals surface area contributed by atoms with Gasteiger partial charge in [0, 0.05) is 24.2 Å². The minimum Gasteiger partial charge on any atom is -0.491 e. The van der Waals surface area contributed by atoms with E-state index in [0.29, 0.717) is 18.0 Å². The van der Waals surface area contributed by atoms with Crippen molar-refractivity contribution in [3.63, 3.8) is 0 Å². The van der Waals surface area contributed by atoms with Crippen LogP contribution in [0.3, 0.4) is 0 Å². The van der Waals surface area contributed by atoms with E-state index in [1.165, 1.54) is 6.26 Å². The van der Waals surface area contributed by atoms with Gasteiger partial charge >= 0.3 is 0 Å². The highest BCUT2D eigenvalue weighted by Crippen LogP contribution is 2.30. The first kappa shape index (κ1) is 16.3. The van der Waals surface area contributed by atoms with Crippen molar-refractivity contribution >= 4 is 9.84 Å². The van der Waals surface area contributed by atoms with Crippen LogP contribution in [0.1, 0.15) is 0 Å². The van der Waals surface area contributed by atoms with E-state index >= 15 is 0 Å². The summed E-state index contributed by atoms with van der Waals surface area (Å²) in [6.45, 7) is 1.23. The third-order valence-electron chi connectivity index (χ3n) is 3.65. The molecule has 0 spiro atoms. The van der Waals surface area contributed by atoms with Gasteiger partial charge in [0.25, 0.3) is 0 Å². The number of sulfone groups is 1. The van der Waals surface area contributed by atoms with Crippen molar-refractivity contribution in [1.29, 1.82) is 0 Å². The number of para-hydroxylation sites is 1. The molecule has 3 rings (SSSR count). The Bertz CT molecular complexity index is 902. The van der Waals surface area contributed by atoms with E-state index in [1.54, 1.807) is 36.8 Å². The summed E-state index contributed by atoms with van der Waals surface area (Å²) in [6, 6.07) is 14.6. The number of rotatable bonds is 6. The van der Waals surface area contributed by atoms with Crippen LogP contribution >= 0.6 is 0 Å². The molecule has 0 atom stereocenters. The monoisotopic (exact) mass is 342 g/mol. The van der Waals surface area contributed by atoms with Crippen LogP contribution < -0.4 is 4.74 Å². The number of nitrogens with zero attached hydrogens (tertiary/aromatic N) is 2. The molecule has 0 N–H and O–H groups in total. The summed E-state index contributed by atoms with van der Waals surface area (Å²) in [7, 11) is -3.19. The number of ether oxygens (including phenoxy) is 1. The lowest BCUT2D eigenvalue weighted by atomic mass is 10.1. The molecule has 3 aromatic rings. The van der Waals surface area contributed by atoms with Crippen LogP contribution in [0.25, 0.3) is 11.1 Å². The molecule has 0 radical (unpaired) electrons. The fraction of sp³-hybridized carbons (Fsp3) is 0.167. The molecule has 6 heteroatoms. The van der Waals surface area contributed by atoms with E-state index in [1.807, 2.05) is 35.0 Å². The Balaban J connectivity index is 1.78. The summed E-state index contributed by atoms with van der Waals surface area (Å²) < 4.78 is 31.0. The van der Waals surface area contributed by atoms with Gasteiger partial charge in [-0.15, -0.1) is 0 Å². The molecule has 0 bridgehead atoms. The normalized spacial score (nSPS) is 11.4. The van der Waals surface area contributed by atoms with Gasteiger partial charge in [-0.25, -0.2) is 13.4 Å². The van der Waals surface area contributed by atoms with Gasteiger partial charge in [0.2, 0.25) is 0 Å². The summed E-state index contributed by atoms with van der Waals surface area (Å²) in [5, 5.41) is 0. The Morgan fingerprint density at radius 2 is 1.83 bits per heavy atom. The molecule has 0 aliphatic rings. The first-order chi connectivity index (χ1) is 11.5. The van der Waals surface area contributed by atoms with Gasteiger partial charge < -0.3 is 9.30 Å². The molecule has 0 aliphatic heterocycles. The highest BCUT2D eigenvalue weighted by atomic mass is 32.2. The average molecular weight is 342 g/mol. The van der Waals surface area contributed by atoms with Crippen LogP contribution in [0.5, 0.6) is 5.75 Å². The van der Waals surface area contributed by atoms with Crippen molar-refractivity contribution in [3.05, 3.63) is 67.3 Å². The zero-order chi connectivity index (χ0) is 17.0. The maximum absolute atomic E-state index is 11.6. The Morgan fingerprint density at radius 1 is 1.08 bits per heavy atom. The lowest BCUT2D eigenvalue weighted by Crippen LogP contribution is -2.07. The molecular formula is C18H18N2O3S.